The maximum absolute atomic E-state index is 12.2. The van der Waals surface area contributed by atoms with Gasteiger partial charge in [-0.05, 0) is 30.4 Å². The topological polar surface area (TPSA) is 20.3 Å². The molecule has 0 amide bonds. The van der Waals surface area contributed by atoms with Crippen molar-refractivity contribution in [3.8, 4) is 0 Å². The van der Waals surface area contributed by atoms with Crippen molar-refractivity contribution >= 4 is 21.7 Å². The van der Waals surface area contributed by atoms with Gasteiger partial charge in [-0.1, -0.05) is 41.9 Å². The summed E-state index contributed by atoms with van der Waals surface area (Å²) in [5, 5.41) is 0. The summed E-state index contributed by atoms with van der Waals surface area (Å²) in [5.41, 5.74) is 0.809. The summed E-state index contributed by atoms with van der Waals surface area (Å²) in [7, 11) is 0. The van der Waals surface area contributed by atoms with Crippen LogP contribution < -0.4 is 0 Å². The van der Waals surface area contributed by atoms with Gasteiger partial charge in [-0.15, -0.1) is 0 Å². The second-order valence-corrected chi connectivity index (χ2v) is 6.49. The first-order valence-corrected chi connectivity index (χ1v) is 7.35. The molecule has 98 valence electrons. The molecule has 2 rings (SSSR count). The molecule has 1 fully saturated rings. The van der Waals surface area contributed by atoms with Crippen LogP contribution >= 0.6 is 15.9 Å². The predicted molar refractivity (Wildman–Crippen MR) is 77.9 cm³/mol. The van der Waals surface area contributed by atoms with Gasteiger partial charge in [0.05, 0.1) is 6.54 Å². The van der Waals surface area contributed by atoms with E-state index in [0.29, 0.717) is 18.4 Å². The normalized spacial score (nSPS) is 25.1. The van der Waals surface area contributed by atoms with E-state index in [0.717, 1.165) is 23.1 Å². The largest absolute Gasteiger partial charge is 0.295 e. The Morgan fingerprint density at radius 2 is 1.78 bits per heavy atom. The molecule has 0 aliphatic carbocycles. The summed E-state index contributed by atoms with van der Waals surface area (Å²) < 4.78 is 1.01. The number of ketones is 1. The van der Waals surface area contributed by atoms with Crippen LogP contribution in [0.3, 0.4) is 0 Å². The number of nitrogens with zero attached hydrogens (tertiary/aromatic N) is 1. The Balaban J connectivity index is 1.96. The van der Waals surface area contributed by atoms with Gasteiger partial charge in [0.25, 0.3) is 0 Å². The van der Waals surface area contributed by atoms with Crippen LogP contribution in [-0.2, 0) is 0 Å². The highest BCUT2D eigenvalue weighted by atomic mass is 79.9. The number of carbonyl (C=O) groups is 1. The van der Waals surface area contributed by atoms with E-state index < -0.39 is 0 Å². The van der Waals surface area contributed by atoms with Crippen LogP contribution in [0.5, 0.6) is 0 Å². The van der Waals surface area contributed by atoms with Crippen LogP contribution in [0.2, 0.25) is 0 Å². The highest BCUT2D eigenvalue weighted by molar-refractivity contribution is 9.10. The Morgan fingerprint density at radius 1 is 1.22 bits per heavy atom. The quantitative estimate of drug-likeness (QED) is 0.795. The van der Waals surface area contributed by atoms with Gasteiger partial charge in [0.2, 0.25) is 0 Å². The molecule has 0 saturated carbocycles. The van der Waals surface area contributed by atoms with Crippen LogP contribution in [0, 0.1) is 11.8 Å². The van der Waals surface area contributed by atoms with Gasteiger partial charge in [0, 0.05) is 23.1 Å². The van der Waals surface area contributed by atoms with Crippen molar-refractivity contribution in [2.75, 3.05) is 19.6 Å². The molecule has 18 heavy (non-hydrogen) atoms. The monoisotopic (exact) mass is 309 g/mol. The molecule has 0 N–H and O–H groups in total. The van der Waals surface area contributed by atoms with E-state index in [1.165, 1.54) is 6.42 Å². The Morgan fingerprint density at radius 3 is 2.33 bits per heavy atom. The summed E-state index contributed by atoms with van der Waals surface area (Å²) in [6, 6.07) is 7.63. The lowest BCUT2D eigenvalue weighted by Crippen LogP contribution is -2.41. The Hall–Kier alpha value is -0.670. The fourth-order valence-corrected chi connectivity index (χ4v) is 3.12. The van der Waals surface area contributed by atoms with Crippen LogP contribution in [0.4, 0.5) is 0 Å². The maximum atomic E-state index is 12.2. The van der Waals surface area contributed by atoms with Crippen molar-refractivity contribution in [2.45, 2.75) is 20.3 Å². The first-order valence-electron chi connectivity index (χ1n) is 6.55. The van der Waals surface area contributed by atoms with E-state index >= 15 is 0 Å². The molecular weight excluding hydrogens is 290 g/mol. The van der Waals surface area contributed by atoms with Crippen LogP contribution in [-0.4, -0.2) is 30.3 Å². The molecule has 1 heterocycles. The lowest BCUT2D eigenvalue weighted by molar-refractivity contribution is 0.0849. The molecule has 0 radical (unpaired) electrons. The zero-order valence-electron chi connectivity index (χ0n) is 11.0. The molecule has 1 aliphatic rings. The van der Waals surface area contributed by atoms with E-state index in [9.17, 15) is 4.79 Å². The van der Waals surface area contributed by atoms with Gasteiger partial charge in [0.1, 0.15) is 0 Å². The van der Waals surface area contributed by atoms with E-state index in [2.05, 4.69) is 34.7 Å². The molecule has 0 aromatic heterocycles. The third-order valence-corrected chi connectivity index (χ3v) is 4.01. The number of carbonyl (C=O) groups excluding carboxylic acids is 1. The highest BCUT2D eigenvalue weighted by Crippen LogP contribution is 2.21. The predicted octanol–water partition coefficient (Wildman–Crippen LogP) is 3.61. The van der Waals surface area contributed by atoms with Crippen molar-refractivity contribution in [2.24, 2.45) is 11.8 Å². The van der Waals surface area contributed by atoms with Crippen LogP contribution in [0.1, 0.15) is 30.6 Å². The minimum atomic E-state index is 0.226. The van der Waals surface area contributed by atoms with Crippen molar-refractivity contribution in [3.63, 3.8) is 0 Å². The van der Waals surface area contributed by atoms with E-state index in [-0.39, 0.29) is 5.78 Å². The second-order valence-electron chi connectivity index (χ2n) is 5.57. The minimum absolute atomic E-state index is 0.226. The minimum Gasteiger partial charge on any atom is -0.295 e. The average Bonchev–Trinajstić information content (AvgIpc) is 2.28. The average molecular weight is 310 g/mol. The number of hydrogen-bond acceptors (Lipinski definition) is 2. The van der Waals surface area contributed by atoms with Gasteiger partial charge >= 0.3 is 0 Å². The molecule has 1 aliphatic heterocycles. The fourth-order valence-electron chi connectivity index (χ4n) is 2.85. The number of rotatable bonds is 3. The Kier molecular flexibility index (Phi) is 4.57. The van der Waals surface area contributed by atoms with Gasteiger partial charge in [0.15, 0.2) is 5.78 Å². The molecular formula is C15H20BrNO. The lowest BCUT2D eigenvalue weighted by atomic mass is 9.91. The van der Waals surface area contributed by atoms with Crippen molar-refractivity contribution in [1.29, 1.82) is 0 Å². The Labute approximate surface area is 117 Å². The van der Waals surface area contributed by atoms with Gasteiger partial charge < -0.3 is 0 Å². The number of likely N-dealkylation sites (tertiary alicyclic amines) is 1. The molecule has 2 unspecified atom stereocenters. The molecule has 2 nitrogen and oxygen atoms in total. The number of Topliss-reactive ketones (excluding diaryl/α,β-unsaturated/α-hetero) is 1. The summed E-state index contributed by atoms with van der Waals surface area (Å²) in [6.45, 7) is 7.19. The number of benzene rings is 1. The van der Waals surface area contributed by atoms with E-state index in [4.69, 9.17) is 0 Å². The SMILES string of the molecule is CC1CC(C)CN(CC(=O)c2ccc(Br)cc2)C1. The summed E-state index contributed by atoms with van der Waals surface area (Å²) in [5.74, 6) is 1.63. The fraction of sp³-hybridized carbons (Fsp3) is 0.533. The van der Waals surface area contributed by atoms with Crippen molar-refractivity contribution < 1.29 is 4.79 Å². The van der Waals surface area contributed by atoms with Crippen LogP contribution in [0.15, 0.2) is 28.7 Å². The highest BCUT2D eigenvalue weighted by Gasteiger charge is 2.23. The summed E-state index contributed by atoms with van der Waals surface area (Å²) in [6.07, 6.45) is 1.28. The third kappa shape index (κ3) is 3.66. The molecule has 1 aromatic carbocycles. The summed E-state index contributed by atoms with van der Waals surface area (Å²) in [4.78, 5) is 14.5. The standard InChI is InChI=1S/C15H20BrNO/c1-11-7-12(2)9-17(8-11)10-15(18)13-3-5-14(16)6-4-13/h3-6,11-12H,7-10H2,1-2H3. The summed E-state index contributed by atoms with van der Waals surface area (Å²) >= 11 is 3.39. The lowest BCUT2D eigenvalue weighted by Gasteiger charge is -2.34. The Bertz CT molecular complexity index is 405. The molecule has 0 spiro atoms. The molecule has 2 atom stereocenters. The van der Waals surface area contributed by atoms with Crippen molar-refractivity contribution in [3.05, 3.63) is 34.3 Å². The molecule has 3 heteroatoms. The first-order chi connectivity index (χ1) is 8.54. The number of hydrogen-bond donors (Lipinski definition) is 0. The van der Waals surface area contributed by atoms with Crippen molar-refractivity contribution in [1.82, 2.24) is 4.90 Å². The molecule has 0 bridgehead atoms. The molecule has 1 saturated heterocycles. The third-order valence-electron chi connectivity index (χ3n) is 3.48. The van der Waals surface area contributed by atoms with Crippen LogP contribution in [0.25, 0.3) is 0 Å². The molecule has 1 aromatic rings. The van der Waals surface area contributed by atoms with E-state index in [1.807, 2.05) is 24.3 Å². The zero-order valence-corrected chi connectivity index (χ0v) is 12.6. The first kappa shape index (κ1) is 13.8. The second kappa shape index (κ2) is 5.98. The zero-order chi connectivity index (χ0) is 13.1. The van der Waals surface area contributed by atoms with Gasteiger partial charge in [-0.3, -0.25) is 9.69 Å². The smallest absolute Gasteiger partial charge is 0.176 e. The van der Waals surface area contributed by atoms with E-state index in [1.54, 1.807) is 0 Å². The van der Waals surface area contributed by atoms with Gasteiger partial charge in [-0.2, -0.15) is 0 Å². The number of piperidine rings is 1. The maximum Gasteiger partial charge on any atom is 0.176 e. The van der Waals surface area contributed by atoms with Gasteiger partial charge in [-0.25, -0.2) is 0 Å². The number of halogens is 1.